The van der Waals surface area contributed by atoms with E-state index in [9.17, 15) is 4.79 Å². The maximum absolute atomic E-state index is 13.1. The minimum atomic E-state index is -1.07. The number of esters is 1. The Labute approximate surface area is 222 Å². The summed E-state index contributed by atoms with van der Waals surface area (Å²) in [7, 11) is 0. The van der Waals surface area contributed by atoms with E-state index in [0.717, 1.165) is 42.9 Å². The molecular weight excluding hydrogens is 458 g/mol. The second-order valence-corrected chi connectivity index (χ2v) is 9.88. The van der Waals surface area contributed by atoms with Crippen molar-refractivity contribution in [2.75, 3.05) is 36.0 Å². The summed E-state index contributed by atoms with van der Waals surface area (Å²) in [6.45, 7) is 14.9. The number of ether oxygens (including phenoxy) is 1. The molecule has 2 heterocycles. The van der Waals surface area contributed by atoms with Gasteiger partial charge in [0, 0.05) is 54.9 Å². The number of fused-ring (bicyclic) bond motifs is 1. The third kappa shape index (κ3) is 5.09. The molecule has 0 radical (unpaired) electrons. The highest BCUT2D eigenvalue weighted by Crippen LogP contribution is 2.47. The summed E-state index contributed by atoms with van der Waals surface area (Å²) >= 11 is 0. The van der Waals surface area contributed by atoms with Crippen LogP contribution in [0.1, 0.15) is 86.1 Å². The molecule has 0 amide bonds. The highest BCUT2D eigenvalue weighted by molar-refractivity contribution is 5.95. The molecule has 4 rings (SSSR count). The Balaban J connectivity index is 1.82. The fourth-order valence-electron chi connectivity index (χ4n) is 5.43. The van der Waals surface area contributed by atoms with Crippen molar-refractivity contribution in [3.05, 3.63) is 88.7 Å². The van der Waals surface area contributed by atoms with Gasteiger partial charge in [0.05, 0.1) is 5.56 Å². The zero-order valence-corrected chi connectivity index (χ0v) is 23.1. The molecule has 0 N–H and O–H groups in total. The van der Waals surface area contributed by atoms with Gasteiger partial charge in [0.2, 0.25) is 5.60 Å². The molecule has 5 heteroatoms. The van der Waals surface area contributed by atoms with Crippen molar-refractivity contribution in [1.29, 1.82) is 0 Å². The topological polar surface area (TPSA) is 45.7 Å². The first-order chi connectivity index (χ1) is 18.0. The van der Waals surface area contributed by atoms with E-state index < -0.39 is 5.60 Å². The number of nitrogens with zero attached hydrogens (tertiary/aromatic N) is 3. The molecule has 1 aliphatic heterocycles. The van der Waals surface area contributed by atoms with Gasteiger partial charge in [-0.25, -0.2) is 4.79 Å². The van der Waals surface area contributed by atoms with Crippen LogP contribution in [0.15, 0.2) is 60.8 Å². The Bertz CT molecular complexity index is 1190. The number of unbranched alkanes of at least 4 members (excludes halogenated alkanes) is 2. The largest absolute Gasteiger partial charge is 0.439 e. The predicted octanol–water partition coefficient (Wildman–Crippen LogP) is 7.11. The van der Waals surface area contributed by atoms with E-state index in [1.165, 1.54) is 37.1 Å². The molecule has 1 atom stereocenters. The summed E-state index contributed by atoms with van der Waals surface area (Å²) in [5.41, 5.74) is 5.46. The number of carbonyl (C=O) groups is 1. The Hall–Kier alpha value is -3.34. The van der Waals surface area contributed by atoms with Gasteiger partial charge in [0.15, 0.2) is 0 Å². The lowest BCUT2D eigenvalue weighted by Crippen LogP contribution is -2.32. The highest BCUT2D eigenvalue weighted by atomic mass is 16.6. The number of benzene rings is 2. The van der Waals surface area contributed by atoms with E-state index >= 15 is 0 Å². The van der Waals surface area contributed by atoms with Gasteiger partial charge in [-0.1, -0.05) is 44.9 Å². The van der Waals surface area contributed by atoms with Crippen molar-refractivity contribution in [3.8, 4) is 0 Å². The molecule has 1 aliphatic rings. The van der Waals surface area contributed by atoms with Crippen molar-refractivity contribution < 1.29 is 9.53 Å². The Morgan fingerprint density at radius 1 is 0.838 bits per heavy atom. The van der Waals surface area contributed by atoms with E-state index in [4.69, 9.17) is 9.72 Å². The third-order valence-corrected chi connectivity index (χ3v) is 7.53. The van der Waals surface area contributed by atoms with Crippen LogP contribution in [0.25, 0.3) is 0 Å². The van der Waals surface area contributed by atoms with Gasteiger partial charge in [-0.2, -0.15) is 0 Å². The maximum atomic E-state index is 13.1. The number of hydrogen-bond donors (Lipinski definition) is 0. The van der Waals surface area contributed by atoms with Gasteiger partial charge in [-0.3, -0.25) is 4.98 Å². The lowest BCUT2D eigenvalue weighted by atomic mass is 9.80. The number of anilines is 2. The van der Waals surface area contributed by atoms with Crippen LogP contribution in [-0.2, 0) is 10.3 Å². The van der Waals surface area contributed by atoms with Crippen molar-refractivity contribution in [1.82, 2.24) is 4.98 Å². The zero-order valence-electron chi connectivity index (χ0n) is 23.1. The first-order valence-corrected chi connectivity index (χ1v) is 13.9. The molecule has 3 aromatic rings. The monoisotopic (exact) mass is 499 g/mol. The first-order valence-electron chi connectivity index (χ1n) is 13.9. The van der Waals surface area contributed by atoms with Gasteiger partial charge >= 0.3 is 5.97 Å². The molecule has 0 bridgehead atoms. The lowest BCUT2D eigenvalue weighted by Gasteiger charge is -2.32. The van der Waals surface area contributed by atoms with Gasteiger partial charge in [-0.15, -0.1) is 0 Å². The Morgan fingerprint density at radius 2 is 1.49 bits per heavy atom. The van der Waals surface area contributed by atoms with Crippen LogP contribution in [-0.4, -0.2) is 37.1 Å². The Morgan fingerprint density at radius 3 is 2.08 bits per heavy atom. The van der Waals surface area contributed by atoms with Gasteiger partial charge < -0.3 is 14.5 Å². The normalized spacial score (nSPS) is 16.4. The average molecular weight is 500 g/mol. The van der Waals surface area contributed by atoms with Crippen LogP contribution in [0.4, 0.5) is 11.4 Å². The van der Waals surface area contributed by atoms with Crippen molar-refractivity contribution in [3.63, 3.8) is 0 Å². The highest BCUT2D eigenvalue weighted by Gasteiger charge is 2.50. The molecule has 1 aromatic heterocycles. The number of cyclic esters (lactones) is 1. The maximum Gasteiger partial charge on any atom is 0.341 e. The first kappa shape index (κ1) is 26.7. The minimum Gasteiger partial charge on any atom is -0.439 e. The number of rotatable bonds is 12. The van der Waals surface area contributed by atoms with Crippen LogP contribution in [0.2, 0.25) is 0 Å². The van der Waals surface area contributed by atoms with Crippen LogP contribution in [0.3, 0.4) is 0 Å². The molecule has 0 saturated carbocycles. The van der Waals surface area contributed by atoms with Crippen LogP contribution < -0.4 is 9.80 Å². The summed E-state index contributed by atoms with van der Waals surface area (Å²) < 4.78 is 6.33. The minimum absolute atomic E-state index is 0.327. The average Bonchev–Trinajstić information content (AvgIpc) is 3.23. The Kier molecular flexibility index (Phi) is 8.52. The lowest BCUT2D eigenvalue weighted by molar-refractivity contribution is 0.0241. The summed E-state index contributed by atoms with van der Waals surface area (Å²) in [4.78, 5) is 22.7. The van der Waals surface area contributed by atoms with E-state index in [0.29, 0.717) is 11.3 Å². The molecule has 0 saturated heterocycles. The summed E-state index contributed by atoms with van der Waals surface area (Å²) in [5.74, 6) is -0.327. The quantitative estimate of drug-likeness (QED) is 0.249. The standard InChI is InChI=1S/C32H41N3O2/c1-6-10-21-35(22-11-7-2)26-16-14-25(15-17-26)32(30-28(31(36)37-32)13-12-20-33-30)29-19-18-27(23-24(29)5)34(8-3)9-4/h12-20,23H,6-11,21-22H2,1-5H3. The summed E-state index contributed by atoms with van der Waals surface area (Å²) in [6, 6.07) is 18.7. The van der Waals surface area contributed by atoms with Crippen LogP contribution in [0, 0.1) is 6.92 Å². The molecule has 0 aliphatic carbocycles. The van der Waals surface area contributed by atoms with E-state index in [-0.39, 0.29) is 5.97 Å². The molecule has 0 fully saturated rings. The van der Waals surface area contributed by atoms with Gasteiger partial charge in [0.25, 0.3) is 0 Å². The van der Waals surface area contributed by atoms with Crippen molar-refractivity contribution >= 4 is 17.3 Å². The molecule has 196 valence electrons. The number of hydrogen-bond acceptors (Lipinski definition) is 5. The number of aryl methyl sites for hydroxylation is 1. The fraction of sp³-hybridized carbons (Fsp3) is 0.438. The molecule has 2 aromatic carbocycles. The SMILES string of the molecule is CCCCN(CCCC)c1ccc(C2(c3ccc(N(CC)CC)cc3C)OC(=O)c3cccnc32)cc1. The smallest absolute Gasteiger partial charge is 0.341 e. The van der Waals surface area contributed by atoms with Crippen molar-refractivity contribution in [2.45, 2.75) is 65.9 Å². The molecule has 0 spiro atoms. The van der Waals surface area contributed by atoms with E-state index in [1.54, 1.807) is 12.3 Å². The number of carbonyl (C=O) groups excluding carboxylic acids is 1. The summed E-state index contributed by atoms with van der Waals surface area (Å²) in [6.07, 6.45) is 6.43. The van der Waals surface area contributed by atoms with Crippen LogP contribution >= 0.6 is 0 Å². The predicted molar refractivity (Wildman–Crippen MR) is 153 cm³/mol. The number of aromatic nitrogens is 1. The van der Waals surface area contributed by atoms with Crippen molar-refractivity contribution in [2.24, 2.45) is 0 Å². The van der Waals surface area contributed by atoms with Gasteiger partial charge in [0.1, 0.15) is 5.69 Å². The van der Waals surface area contributed by atoms with Crippen LogP contribution in [0.5, 0.6) is 0 Å². The molecular formula is C32H41N3O2. The second kappa shape index (κ2) is 11.8. The third-order valence-electron chi connectivity index (χ3n) is 7.53. The second-order valence-electron chi connectivity index (χ2n) is 9.88. The zero-order chi connectivity index (χ0) is 26.4. The summed E-state index contributed by atoms with van der Waals surface area (Å²) in [5, 5.41) is 0. The molecule has 1 unspecified atom stereocenters. The van der Waals surface area contributed by atoms with E-state index in [1.807, 2.05) is 6.07 Å². The molecule has 5 nitrogen and oxygen atoms in total. The molecule has 37 heavy (non-hydrogen) atoms. The fourth-order valence-corrected chi connectivity index (χ4v) is 5.43. The van der Waals surface area contributed by atoms with Gasteiger partial charge in [-0.05, 0) is 75.6 Å². The van der Waals surface area contributed by atoms with E-state index in [2.05, 4.69) is 86.9 Å². The number of pyridine rings is 1.